The van der Waals surface area contributed by atoms with Crippen molar-refractivity contribution in [1.29, 1.82) is 0 Å². The molecule has 1 heterocycles. The molecule has 1 aromatic heterocycles. The lowest BCUT2D eigenvalue weighted by Gasteiger charge is -2.13. The number of methoxy groups -OCH3 is 1. The minimum absolute atomic E-state index is 0.0161. The lowest BCUT2D eigenvalue weighted by Crippen LogP contribution is -2.18. The fourth-order valence-corrected chi connectivity index (χ4v) is 5.18. The Labute approximate surface area is 237 Å². The van der Waals surface area contributed by atoms with Gasteiger partial charge in [0.2, 0.25) is 0 Å². The van der Waals surface area contributed by atoms with Crippen molar-refractivity contribution in [1.82, 2.24) is 0 Å². The third kappa shape index (κ3) is 5.99. The van der Waals surface area contributed by atoms with E-state index in [9.17, 15) is 44.7 Å². The van der Waals surface area contributed by atoms with Crippen LogP contribution in [0.1, 0.15) is 31.2 Å². The van der Waals surface area contributed by atoms with E-state index in [4.69, 9.17) is 4.74 Å². The Morgan fingerprint density at radius 2 is 1.55 bits per heavy atom. The van der Waals surface area contributed by atoms with Gasteiger partial charge in [-0.15, -0.1) is 11.3 Å². The van der Waals surface area contributed by atoms with E-state index in [0.29, 0.717) is 23.5 Å². The fourth-order valence-electron chi connectivity index (χ4n) is 3.62. The van der Waals surface area contributed by atoms with Gasteiger partial charge in [0.1, 0.15) is 22.3 Å². The van der Waals surface area contributed by atoms with E-state index in [1.165, 1.54) is 7.11 Å². The highest BCUT2D eigenvalue weighted by Gasteiger charge is 2.35. The number of benzene rings is 3. The topological polar surface area (TPSA) is 67.4 Å². The first-order valence-corrected chi connectivity index (χ1v) is 12.7. The summed E-state index contributed by atoms with van der Waals surface area (Å²) in [4.78, 5) is 25.9. The molecule has 2 amide bonds. The third-order valence-electron chi connectivity index (χ3n) is 5.48. The maximum atomic E-state index is 14.0. The Kier molecular flexibility index (Phi) is 7.99. The number of carbonyl (C=O) groups excluding carboxylic acids is 2. The predicted octanol–water partition coefficient (Wildman–Crippen LogP) is 8.33. The fraction of sp³-hybridized carbons (Fsp3) is 0.120. The quantitative estimate of drug-likeness (QED) is 0.163. The number of carbonyl (C=O) groups is 2. The molecule has 0 aliphatic heterocycles. The van der Waals surface area contributed by atoms with E-state index in [2.05, 4.69) is 10.6 Å². The highest BCUT2D eigenvalue weighted by molar-refractivity contribution is 14.1. The van der Waals surface area contributed by atoms with Gasteiger partial charge in [0.05, 0.1) is 29.5 Å². The zero-order valence-corrected chi connectivity index (χ0v) is 22.6. The van der Waals surface area contributed by atoms with Gasteiger partial charge in [-0.2, -0.15) is 26.3 Å². The summed E-state index contributed by atoms with van der Waals surface area (Å²) in [6.45, 7) is 0. The molecule has 4 rings (SSSR count). The molecule has 0 spiro atoms. The summed E-state index contributed by atoms with van der Waals surface area (Å²) < 4.78 is 112. The monoisotopic (exact) mass is 700 g/mol. The van der Waals surface area contributed by atoms with Crippen LogP contribution < -0.4 is 15.4 Å². The van der Waals surface area contributed by atoms with Gasteiger partial charge < -0.3 is 15.4 Å². The number of fused-ring (bicyclic) bond motifs is 1. The van der Waals surface area contributed by atoms with Gasteiger partial charge in [0.25, 0.3) is 11.8 Å². The van der Waals surface area contributed by atoms with Gasteiger partial charge in [0, 0.05) is 25.4 Å². The van der Waals surface area contributed by atoms with Gasteiger partial charge in [-0.25, -0.2) is 8.78 Å². The first-order chi connectivity index (χ1) is 18.6. The van der Waals surface area contributed by atoms with Crippen LogP contribution in [0.15, 0.2) is 48.5 Å². The van der Waals surface area contributed by atoms with Crippen molar-refractivity contribution < 1.29 is 49.4 Å². The van der Waals surface area contributed by atoms with Crippen molar-refractivity contribution >= 4 is 67.2 Å². The summed E-state index contributed by atoms with van der Waals surface area (Å²) in [5.74, 6) is -4.45. The largest absolute Gasteiger partial charge is 0.496 e. The molecular weight excluding hydrogens is 687 g/mol. The molecular formula is C25H13F8IN2O3S. The van der Waals surface area contributed by atoms with Gasteiger partial charge in [-0.3, -0.25) is 9.59 Å². The Morgan fingerprint density at radius 1 is 0.850 bits per heavy atom. The number of hydrogen-bond acceptors (Lipinski definition) is 4. The molecule has 0 aliphatic carbocycles. The SMILES string of the molecule is COc1cc(F)c(I)cc1C(=O)Nc1c(C(=O)Nc2ccc(F)c(C(F)(F)F)c2)sc2cc(C(F)(F)F)ccc12. The van der Waals surface area contributed by atoms with Crippen molar-refractivity contribution in [2.75, 3.05) is 17.7 Å². The number of anilines is 2. The first-order valence-electron chi connectivity index (χ1n) is 10.8. The number of alkyl halides is 6. The molecule has 15 heteroatoms. The average Bonchev–Trinajstić information content (AvgIpc) is 3.23. The summed E-state index contributed by atoms with van der Waals surface area (Å²) in [5, 5.41) is 4.59. The summed E-state index contributed by atoms with van der Waals surface area (Å²) in [6.07, 6.45) is -9.80. The van der Waals surface area contributed by atoms with Crippen LogP contribution in [-0.4, -0.2) is 18.9 Å². The number of amides is 2. The molecule has 0 radical (unpaired) electrons. The Balaban J connectivity index is 1.80. The second kappa shape index (κ2) is 10.8. The Hall–Kier alpha value is -3.47. The lowest BCUT2D eigenvalue weighted by molar-refractivity contribution is -0.140. The predicted molar refractivity (Wildman–Crippen MR) is 140 cm³/mol. The number of nitrogens with one attached hydrogen (secondary N) is 2. The maximum Gasteiger partial charge on any atom is 0.419 e. The molecule has 4 aromatic rings. The van der Waals surface area contributed by atoms with E-state index in [-0.39, 0.29) is 35.5 Å². The van der Waals surface area contributed by atoms with Crippen molar-refractivity contribution in [2.24, 2.45) is 0 Å². The molecule has 40 heavy (non-hydrogen) atoms. The number of hydrogen-bond donors (Lipinski definition) is 2. The second-order valence-corrected chi connectivity index (χ2v) is 10.3. The first kappa shape index (κ1) is 29.5. The van der Waals surface area contributed by atoms with Crippen LogP contribution in [0.5, 0.6) is 5.75 Å². The highest BCUT2D eigenvalue weighted by atomic mass is 127. The molecule has 0 unspecified atom stereocenters. The van der Waals surface area contributed by atoms with Crippen LogP contribution in [0.25, 0.3) is 10.1 Å². The summed E-state index contributed by atoms with van der Waals surface area (Å²) in [5.41, 5.74) is -3.58. The standard InChI is InChI=1S/C25H13F8IN2O3S/c1-39-18-9-16(27)17(34)8-13(18)22(37)36-20-12-4-2-10(24(28,29)30)6-19(12)40-21(20)23(38)35-11-3-5-15(26)14(7-11)25(31,32)33/h2-9H,1H3,(H,35,38)(H,36,37). The number of halogens is 9. The Bertz CT molecular complexity index is 1650. The van der Waals surface area contributed by atoms with E-state index in [0.717, 1.165) is 36.4 Å². The lowest BCUT2D eigenvalue weighted by atomic mass is 10.1. The van der Waals surface area contributed by atoms with Crippen LogP contribution in [0.4, 0.5) is 46.5 Å². The molecule has 3 aromatic carbocycles. The van der Waals surface area contributed by atoms with Gasteiger partial charge in [-0.1, -0.05) is 6.07 Å². The van der Waals surface area contributed by atoms with Crippen LogP contribution in [-0.2, 0) is 12.4 Å². The minimum Gasteiger partial charge on any atom is -0.496 e. The van der Waals surface area contributed by atoms with E-state index in [1.54, 1.807) is 22.6 Å². The molecule has 2 N–H and O–H groups in total. The van der Waals surface area contributed by atoms with Crippen LogP contribution in [0.3, 0.4) is 0 Å². The summed E-state index contributed by atoms with van der Waals surface area (Å²) >= 11 is 2.16. The van der Waals surface area contributed by atoms with Crippen molar-refractivity contribution in [3.05, 3.63) is 85.3 Å². The van der Waals surface area contributed by atoms with Crippen LogP contribution >= 0.6 is 33.9 Å². The summed E-state index contributed by atoms with van der Waals surface area (Å²) in [6, 6.07) is 6.29. The number of ether oxygens (including phenoxy) is 1. The van der Waals surface area contributed by atoms with Crippen molar-refractivity contribution in [3.63, 3.8) is 0 Å². The van der Waals surface area contributed by atoms with Crippen molar-refractivity contribution in [3.8, 4) is 5.75 Å². The molecule has 0 atom stereocenters. The molecule has 0 fully saturated rings. The number of rotatable bonds is 5. The molecule has 0 bridgehead atoms. The summed E-state index contributed by atoms with van der Waals surface area (Å²) in [7, 11) is 1.17. The highest BCUT2D eigenvalue weighted by Crippen LogP contribution is 2.41. The van der Waals surface area contributed by atoms with Crippen molar-refractivity contribution in [2.45, 2.75) is 12.4 Å². The average molecular weight is 700 g/mol. The molecule has 0 saturated heterocycles. The smallest absolute Gasteiger partial charge is 0.419 e. The van der Waals surface area contributed by atoms with E-state index >= 15 is 0 Å². The molecule has 210 valence electrons. The van der Waals surface area contributed by atoms with Gasteiger partial charge in [-0.05, 0) is 59.0 Å². The zero-order chi connectivity index (χ0) is 29.6. The normalized spacial score (nSPS) is 11.9. The number of thiophene rings is 1. The molecule has 0 saturated carbocycles. The second-order valence-electron chi connectivity index (χ2n) is 8.08. The Morgan fingerprint density at radius 3 is 2.17 bits per heavy atom. The van der Waals surface area contributed by atoms with Crippen LogP contribution in [0, 0.1) is 15.2 Å². The van der Waals surface area contributed by atoms with Crippen LogP contribution in [0.2, 0.25) is 0 Å². The van der Waals surface area contributed by atoms with E-state index < -0.39 is 52.6 Å². The molecule has 5 nitrogen and oxygen atoms in total. The maximum absolute atomic E-state index is 14.0. The molecule has 0 aliphatic rings. The third-order valence-corrected chi connectivity index (χ3v) is 7.46. The van der Waals surface area contributed by atoms with E-state index in [1.807, 2.05) is 0 Å². The zero-order valence-electron chi connectivity index (χ0n) is 19.7. The minimum atomic E-state index is -5.07. The van der Waals surface area contributed by atoms with Gasteiger partial charge >= 0.3 is 12.4 Å². The van der Waals surface area contributed by atoms with Gasteiger partial charge in [0.15, 0.2) is 0 Å².